The van der Waals surface area contributed by atoms with Gasteiger partial charge in [-0.15, -0.1) is 0 Å². The summed E-state index contributed by atoms with van der Waals surface area (Å²) in [6.07, 6.45) is 9.13. The summed E-state index contributed by atoms with van der Waals surface area (Å²) < 4.78 is 0. The van der Waals surface area contributed by atoms with Gasteiger partial charge in [0.15, 0.2) is 0 Å². The molecule has 0 aromatic heterocycles. The van der Waals surface area contributed by atoms with E-state index in [1.165, 1.54) is 5.57 Å². The van der Waals surface area contributed by atoms with Crippen molar-refractivity contribution in [1.82, 2.24) is 0 Å². The maximum Gasteiger partial charge on any atom is 0.309 e. The molecule has 5 aliphatic carbocycles. The molecule has 4 saturated carbocycles. The number of carboxylic acid groups (broad SMARTS) is 1. The summed E-state index contributed by atoms with van der Waals surface area (Å²) in [5.74, 6) is -0.0127. The lowest BCUT2D eigenvalue weighted by Crippen LogP contribution is -2.66. The Bertz CT molecular complexity index is 987. The number of carboxylic acids is 1. The van der Waals surface area contributed by atoms with Crippen molar-refractivity contribution in [3.63, 3.8) is 0 Å². The molecule has 0 aliphatic heterocycles. The lowest BCUT2D eigenvalue weighted by molar-refractivity contribution is -0.215. The van der Waals surface area contributed by atoms with Crippen molar-refractivity contribution in [3.05, 3.63) is 11.6 Å². The lowest BCUT2D eigenvalue weighted by atomic mass is 9.33. The van der Waals surface area contributed by atoms with Crippen molar-refractivity contribution in [2.24, 2.45) is 50.2 Å². The maximum atomic E-state index is 13.4. The van der Waals surface area contributed by atoms with Crippen molar-refractivity contribution in [2.75, 3.05) is 6.61 Å². The molecule has 0 radical (unpaired) electrons. The van der Waals surface area contributed by atoms with Crippen LogP contribution in [0.5, 0.6) is 0 Å². The fraction of sp³-hybridized carbons (Fsp3) is 0.867. The monoisotopic (exact) mass is 486 g/mol. The van der Waals surface area contributed by atoms with Gasteiger partial charge in [0.25, 0.3) is 0 Å². The number of rotatable bonds is 2. The van der Waals surface area contributed by atoms with E-state index >= 15 is 0 Å². The molecular formula is C30H46O5. The molecule has 0 amide bonds. The first-order chi connectivity index (χ1) is 16.1. The van der Waals surface area contributed by atoms with Gasteiger partial charge in [0.2, 0.25) is 0 Å². The van der Waals surface area contributed by atoms with Crippen LogP contribution in [0.25, 0.3) is 0 Å². The summed E-state index contributed by atoms with van der Waals surface area (Å²) in [5, 5.41) is 31.3. The van der Waals surface area contributed by atoms with E-state index in [9.17, 15) is 24.9 Å². The van der Waals surface area contributed by atoms with Crippen LogP contribution in [0.3, 0.4) is 0 Å². The van der Waals surface area contributed by atoms with E-state index < -0.39 is 28.3 Å². The van der Waals surface area contributed by atoms with Crippen LogP contribution in [0.15, 0.2) is 11.6 Å². The Morgan fingerprint density at radius 3 is 2.31 bits per heavy atom. The number of carbonyl (C=O) groups excluding carboxylic acids is 1. The van der Waals surface area contributed by atoms with Crippen LogP contribution in [-0.4, -0.2) is 39.8 Å². The second kappa shape index (κ2) is 7.43. The quantitative estimate of drug-likeness (QED) is 0.455. The normalized spacial score (nSPS) is 55.7. The minimum Gasteiger partial charge on any atom is -0.481 e. The molecule has 0 spiro atoms. The average molecular weight is 487 g/mol. The predicted molar refractivity (Wildman–Crippen MR) is 134 cm³/mol. The lowest BCUT2D eigenvalue weighted by Gasteiger charge is -2.71. The van der Waals surface area contributed by atoms with E-state index in [1.54, 1.807) is 6.92 Å². The number of hydrogen-bond donors (Lipinski definition) is 3. The number of aliphatic carboxylic acids is 1. The molecule has 10 atom stereocenters. The molecule has 0 unspecified atom stereocenters. The second-order valence-corrected chi connectivity index (χ2v) is 14.7. The van der Waals surface area contributed by atoms with Crippen LogP contribution in [0.2, 0.25) is 0 Å². The van der Waals surface area contributed by atoms with Crippen LogP contribution in [0.1, 0.15) is 99.3 Å². The Morgan fingerprint density at radius 1 is 1.00 bits per heavy atom. The highest BCUT2D eigenvalue weighted by Crippen LogP contribution is 2.75. The maximum absolute atomic E-state index is 13.4. The number of ketones is 1. The molecule has 0 heterocycles. The molecule has 0 aromatic carbocycles. The number of Topliss-reactive ketones (excluding diaryl/α,β-unsaturated/α-hetero) is 1. The number of aliphatic hydroxyl groups is 2. The van der Waals surface area contributed by atoms with Gasteiger partial charge in [-0.1, -0.05) is 46.3 Å². The topological polar surface area (TPSA) is 94.8 Å². The zero-order valence-electron chi connectivity index (χ0n) is 22.6. The van der Waals surface area contributed by atoms with Gasteiger partial charge in [0.1, 0.15) is 5.78 Å². The summed E-state index contributed by atoms with van der Waals surface area (Å²) >= 11 is 0. The van der Waals surface area contributed by atoms with Crippen LogP contribution in [0.4, 0.5) is 0 Å². The fourth-order valence-corrected chi connectivity index (χ4v) is 10.5. The van der Waals surface area contributed by atoms with E-state index in [4.69, 9.17) is 0 Å². The number of carbonyl (C=O) groups is 2. The van der Waals surface area contributed by atoms with Gasteiger partial charge in [0.05, 0.1) is 18.1 Å². The largest absolute Gasteiger partial charge is 0.481 e. The first kappa shape index (κ1) is 25.4. The number of hydrogen-bond acceptors (Lipinski definition) is 4. The van der Waals surface area contributed by atoms with Gasteiger partial charge in [0, 0.05) is 17.3 Å². The molecule has 4 fully saturated rings. The van der Waals surface area contributed by atoms with Gasteiger partial charge in [-0.05, 0) is 92.3 Å². The van der Waals surface area contributed by atoms with E-state index in [0.29, 0.717) is 12.3 Å². The van der Waals surface area contributed by atoms with Gasteiger partial charge in [-0.2, -0.15) is 0 Å². The SMILES string of the molecule is C[C@@]1(C(=O)O)CC(=O)[C@]2(C)CC[C@]3(C)C(=CC[C@@H]4[C@@]5(C)CC[C@H](O)[C@](C)(CO)[C@@H]5CC[C@]43C)[C@@H]2C1. The Balaban J connectivity index is 1.59. The summed E-state index contributed by atoms with van der Waals surface area (Å²) in [4.78, 5) is 25.7. The van der Waals surface area contributed by atoms with Crippen LogP contribution in [-0.2, 0) is 9.59 Å². The minimum absolute atomic E-state index is 0.0113. The van der Waals surface area contributed by atoms with E-state index in [1.807, 2.05) is 0 Å². The Kier molecular flexibility index (Phi) is 5.40. The van der Waals surface area contributed by atoms with E-state index in [0.717, 1.165) is 44.9 Å². The summed E-state index contributed by atoms with van der Waals surface area (Å²) in [6.45, 7) is 13.3. The predicted octanol–water partition coefficient (Wildman–Crippen LogP) is 5.39. The zero-order valence-corrected chi connectivity index (χ0v) is 22.6. The third-order valence-corrected chi connectivity index (χ3v) is 13.3. The van der Waals surface area contributed by atoms with Crippen molar-refractivity contribution < 1.29 is 24.9 Å². The molecule has 0 aromatic rings. The third-order valence-electron chi connectivity index (χ3n) is 13.3. The smallest absolute Gasteiger partial charge is 0.309 e. The number of fused-ring (bicyclic) bond motifs is 7. The highest BCUT2D eigenvalue weighted by molar-refractivity contribution is 5.92. The van der Waals surface area contributed by atoms with Gasteiger partial charge < -0.3 is 15.3 Å². The van der Waals surface area contributed by atoms with Gasteiger partial charge >= 0.3 is 5.97 Å². The number of aliphatic hydroxyl groups excluding tert-OH is 2. The third kappa shape index (κ3) is 2.94. The molecule has 5 nitrogen and oxygen atoms in total. The van der Waals surface area contributed by atoms with Crippen LogP contribution in [0, 0.1) is 50.2 Å². The van der Waals surface area contributed by atoms with Gasteiger partial charge in [-0.25, -0.2) is 0 Å². The zero-order chi connectivity index (χ0) is 25.8. The summed E-state index contributed by atoms with van der Waals surface area (Å²) in [5.41, 5.74) is -0.566. The molecule has 5 heteroatoms. The van der Waals surface area contributed by atoms with Crippen LogP contribution < -0.4 is 0 Å². The molecule has 3 N–H and O–H groups in total. The standard InChI is InChI=1S/C30H46O5/c1-25(24(34)35)15-19-18-7-8-21-27(3)11-10-22(32)28(4,17-31)20(27)9-12-30(21,6)29(18,5)14-13-26(19,2)23(33)16-25/h7,19-22,31-32H,8-17H2,1-6H3,(H,34,35)/t19-,20+,21+,22-,25-,26+,27-,28+,29+,30+/m0/s1. The second-order valence-electron chi connectivity index (χ2n) is 14.7. The molecule has 196 valence electrons. The highest BCUT2D eigenvalue weighted by Gasteiger charge is 2.69. The average Bonchev–Trinajstić information content (AvgIpc) is 2.79. The Morgan fingerprint density at radius 2 is 1.69 bits per heavy atom. The molecule has 0 bridgehead atoms. The fourth-order valence-electron chi connectivity index (χ4n) is 10.5. The molecule has 5 rings (SSSR count). The Labute approximate surface area is 210 Å². The highest BCUT2D eigenvalue weighted by atomic mass is 16.4. The van der Waals surface area contributed by atoms with Crippen molar-refractivity contribution in [2.45, 2.75) is 105 Å². The molecule has 5 aliphatic rings. The molecular weight excluding hydrogens is 440 g/mol. The molecule has 35 heavy (non-hydrogen) atoms. The Hall–Kier alpha value is -1.20. The first-order valence-corrected chi connectivity index (χ1v) is 13.9. The van der Waals surface area contributed by atoms with E-state index in [-0.39, 0.29) is 46.9 Å². The van der Waals surface area contributed by atoms with Crippen molar-refractivity contribution in [1.29, 1.82) is 0 Å². The van der Waals surface area contributed by atoms with Crippen LogP contribution >= 0.6 is 0 Å². The molecule has 0 saturated heterocycles. The number of allylic oxidation sites excluding steroid dienone is 2. The van der Waals surface area contributed by atoms with E-state index in [2.05, 4.69) is 40.7 Å². The van der Waals surface area contributed by atoms with Crippen molar-refractivity contribution >= 4 is 11.8 Å². The van der Waals surface area contributed by atoms with Crippen molar-refractivity contribution in [3.8, 4) is 0 Å². The van der Waals surface area contributed by atoms with Gasteiger partial charge in [-0.3, -0.25) is 9.59 Å². The first-order valence-electron chi connectivity index (χ1n) is 13.9. The summed E-state index contributed by atoms with van der Waals surface area (Å²) in [7, 11) is 0. The minimum atomic E-state index is -0.996. The summed E-state index contributed by atoms with van der Waals surface area (Å²) in [6, 6.07) is 0.